The molecule has 2 amide bonds. The van der Waals surface area contributed by atoms with Crippen molar-refractivity contribution < 1.29 is 23.9 Å². The molecule has 0 heterocycles. The van der Waals surface area contributed by atoms with Crippen molar-refractivity contribution in [3.63, 3.8) is 0 Å². The van der Waals surface area contributed by atoms with Crippen molar-refractivity contribution in [2.24, 2.45) is 5.73 Å². The number of nitrogens with two attached hydrogens (primary N) is 1. The summed E-state index contributed by atoms with van der Waals surface area (Å²) in [6.45, 7) is 10.3. The number of hydrogen-bond acceptors (Lipinski definition) is 5. The summed E-state index contributed by atoms with van der Waals surface area (Å²) in [7, 11) is 1.26. The second kappa shape index (κ2) is 20.6. The predicted molar refractivity (Wildman–Crippen MR) is 157 cm³/mol. The molecular formula is C32H40N2O5. The number of ether oxygens (including phenoxy) is 1. The molecule has 3 aromatic carbocycles. The van der Waals surface area contributed by atoms with Crippen molar-refractivity contribution in [3.05, 3.63) is 83.4 Å². The summed E-state index contributed by atoms with van der Waals surface area (Å²) < 4.78 is 4.36. The van der Waals surface area contributed by atoms with E-state index >= 15 is 0 Å². The van der Waals surface area contributed by atoms with E-state index in [4.69, 9.17) is 4.79 Å². The maximum atomic E-state index is 11.8. The molecule has 0 unspecified atom stereocenters. The zero-order chi connectivity index (χ0) is 29.6. The molecule has 0 saturated carbocycles. The molecule has 7 heteroatoms. The fourth-order valence-corrected chi connectivity index (χ4v) is 3.46. The van der Waals surface area contributed by atoms with Crippen LogP contribution in [0.1, 0.15) is 68.4 Å². The number of carbonyl (C=O) groups is 4. The maximum Gasteiger partial charge on any atom is 0.384 e. The van der Waals surface area contributed by atoms with Gasteiger partial charge < -0.3 is 15.8 Å². The highest BCUT2D eigenvalue weighted by Gasteiger charge is 2.10. The van der Waals surface area contributed by atoms with Crippen LogP contribution in [0.2, 0.25) is 0 Å². The zero-order valence-electron chi connectivity index (χ0n) is 23.7. The van der Waals surface area contributed by atoms with Crippen LogP contribution in [0.25, 0.3) is 10.8 Å². The third kappa shape index (κ3) is 13.6. The van der Waals surface area contributed by atoms with E-state index in [0.717, 1.165) is 0 Å². The summed E-state index contributed by atoms with van der Waals surface area (Å²) in [6, 6.07) is 22.1. The molecular weight excluding hydrogens is 492 g/mol. The van der Waals surface area contributed by atoms with Crippen LogP contribution in [-0.4, -0.2) is 37.7 Å². The molecule has 0 saturated heterocycles. The van der Waals surface area contributed by atoms with Gasteiger partial charge in [-0.25, -0.2) is 4.79 Å². The van der Waals surface area contributed by atoms with Gasteiger partial charge in [-0.15, -0.1) is 0 Å². The number of esters is 1. The normalized spacial score (nSPS) is 9.10. The van der Waals surface area contributed by atoms with E-state index < -0.39 is 5.97 Å². The summed E-state index contributed by atoms with van der Waals surface area (Å²) in [5.74, 6) is 4.61. The number of methoxy groups -OCH3 is 1. The highest BCUT2D eigenvalue weighted by Crippen LogP contribution is 2.24. The van der Waals surface area contributed by atoms with Crippen molar-refractivity contribution in [3.8, 4) is 11.8 Å². The Morgan fingerprint density at radius 2 is 1.56 bits per heavy atom. The first-order valence-corrected chi connectivity index (χ1v) is 12.8. The Hall–Kier alpha value is -4.44. The van der Waals surface area contributed by atoms with Gasteiger partial charge in [-0.05, 0) is 34.7 Å². The minimum absolute atomic E-state index is 0.0673. The Balaban J connectivity index is 0.000000679. The van der Waals surface area contributed by atoms with Crippen molar-refractivity contribution in [1.29, 1.82) is 0 Å². The van der Waals surface area contributed by atoms with Gasteiger partial charge in [0, 0.05) is 24.4 Å². The number of rotatable bonds is 6. The van der Waals surface area contributed by atoms with Crippen molar-refractivity contribution >= 4 is 34.8 Å². The first-order valence-electron chi connectivity index (χ1n) is 12.8. The van der Waals surface area contributed by atoms with E-state index in [1.807, 2.05) is 13.8 Å². The second-order valence-electron chi connectivity index (χ2n) is 8.14. The van der Waals surface area contributed by atoms with Crippen LogP contribution >= 0.6 is 0 Å². The molecule has 0 aliphatic carbocycles. The third-order valence-corrected chi connectivity index (χ3v) is 5.14. The molecule has 3 N–H and O–H groups in total. The van der Waals surface area contributed by atoms with Gasteiger partial charge >= 0.3 is 5.97 Å². The molecule has 7 nitrogen and oxygen atoms in total. The molecule has 0 aromatic heterocycles. The highest BCUT2D eigenvalue weighted by atomic mass is 16.5. The fourth-order valence-electron chi connectivity index (χ4n) is 3.46. The van der Waals surface area contributed by atoms with Crippen molar-refractivity contribution in [2.75, 3.05) is 13.7 Å². The average molecular weight is 533 g/mol. The van der Waals surface area contributed by atoms with Crippen LogP contribution in [-0.2, 0) is 25.5 Å². The minimum Gasteiger partial charge on any atom is -0.459 e. The zero-order valence-corrected chi connectivity index (χ0v) is 23.7. The number of Topliss-reactive ketones (excluding diaryl/α,β-unsaturated/α-hetero) is 1. The molecule has 0 fully saturated rings. The van der Waals surface area contributed by atoms with Crippen LogP contribution < -0.4 is 11.1 Å². The average Bonchev–Trinajstić information content (AvgIpc) is 2.94. The SMILES string of the molecule is CC.CC(C)c1cccc2ccccc12.COC(=O)C#CCCNC(=O)Cc1ccccc1C(C)=O.NC=O. The lowest BCUT2D eigenvalue weighted by molar-refractivity contribution is -0.133. The Morgan fingerprint density at radius 1 is 0.974 bits per heavy atom. The Bertz CT molecular complexity index is 1250. The van der Waals surface area contributed by atoms with E-state index in [2.05, 4.69) is 83.9 Å². The van der Waals surface area contributed by atoms with Gasteiger partial charge in [0.25, 0.3) is 0 Å². The number of hydrogen-bond donors (Lipinski definition) is 2. The lowest BCUT2D eigenvalue weighted by atomic mass is 9.96. The minimum atomic E-state index is -0.600. The summed E-state index contributed by atoms with van der Waals surface area (Å²) in [6.07, 6.45) is 0.745. The summed E-state index contributed by atoms with van der Waals surface area (Å²) in [5.41, 5.74) is 6.86. The van der Waals surface area contributed by atoms with Crippen LogP contribution in [0, 0.1) is 11.8 Å². The van der Waals surface area contributed by atoms with Crippen LogP contribution in [0.15, 0.2) is 66.7 Å². The van der Waals surface area contributed by atoms with Gasteiger partial charge in [-0.2, -0.15) is 0 Å². The molecule has 0 radical (unpaired) electrons. The van der Waals surface area contributed by atoms with E-state index in [1.165, 1.54) is 30.4 Å². The van der Waals surface area contributed by atoms with Gasteiger partial charge in [0.05, 0.1) is 13.5 Å². The van der Waals surface area contributed by atoms with E-state index in [-0.39, 0.29) is 24.5 Å². The van der Waals surface area contributed by atoms with Gasteiger partial charge in [0.15, 0.2) is 5.78 Å². The standard InChI is InChI=1S/C16H17NO4.C13H14.C2H6.CH3NO/c1-12(18)14-8-4-3-7-13(14)11-15(19)17-10-6-5-9-16(20)21-2;1-10(2)12-9-5-7-11-6-3-4-8-13(11)12;1-2;2-1-3/h3-4,7-8H,6,10-11H2,1-2H3,(H,17,19);3-10H,1-2H3;1-2H3;1H,(H2,2,3). The molecule has 0 aliphatic heterocycles. The number of amides is 2. The molecule has 3 rings (SSSR count). The Kier molecular flexibility index (Phi) is 18.3. The lowest BCUT2D eigenvalue weighted by Gasteiger charge is -2.08. The Morgan fingerprint density at radius 3 is 2.18 bits per heavy atom. The number of ketones is 1. The molecule has 208 valence electrons. The van der Waals surface area contributed by atoms with Crippen LogP contribution in [0.5, 0.6) is 0 Å². The van der Waals surface area contributed by atoms with Gasteiger partial charge in [0.2, 0.25) is 12.3 Å². The molecule has 0 aliphatic rings. The van der Waals surface area contributed by atoms with E-state index in [9.17, 15) is 14.4 Å². The predicted octanol–water partition coefficient (Wildman–Crippen LogP) is 5.21. The second-order valence-corrected chi connectivity index (χ2v) is 8.14. The molecule has 3 aromatic rings. The number of fused-ring (bicyclic) bond motifs is 1. The summed E-state index contributed by atoms with van der Waals surface area (Å²) >= 11 is 0. The van der Waals surface area contributed by atoms with Crippen molar-refractivity contribution in [2.45, 2.75) is 53.4 Å². The number of benzene rings is 3. The van der Waals surface area contributed by atoms with Gasteiger partial charge in [0.1, 0.15) is 0 Å². The van der Waals surface area contributed by atoms with Crippen LogP contribution in [0.3, 0.4) is 0 Å². The van der Waals surface area contributed by atoms with E-state index in [0.29, 0.717) is 30.0 Å². The maximum absolute atomic E-state index is 11.8. The van der Waals surface area contributed by atoms with Crippen LogP contribution in [0.4, 0.5) is 0 Å². The Labute approximate surface area is 232 Å². The fraction of sp³-hybridized carbons (Fsp3) is 0.312. The highest BCUT2D eigenvalue weighted by molar-refractivity contribution is 5.97. The number of nitrogens with one attached hydrogen (secondary N) is 1. The molecule has 0 bridgehead atoms. The summed E-state index contributed by atoms with van der Waals surface area (Å²) in [5, 5.41) is 5.41. The summed E-state index contributed by atoms with van der Waals surface area (Å²) in [4.78, 5) is 42.5. The first-order chi connectivity index (χ1) is 18.7. The topological polar surface area (TPSA) is 116 Å². The van der Waals surface area contributed by atoms with Gasteiger partial charge in [-0.3, -0.25) is 14.4 Å². The van der Waals surface area contributed by atoms with Crippen molar-refractivity contribution in [1.82, 2.24) is 5.32 Å². The quantitative estimate of drug-likeness (QED) is 0.113. The molecule has 0 atom stereocenters. The largest absolute Gasteiger partial charge is 0.459 e. The third-order valence-electron chi connectivity index (χ3n) is 5.14. The van der Waals surface area contributed by atoms with E-state index in [1.54, 1.807) is 24.3 Å². The lowest BCUT2D eigenvalue weighted by Crippen LogP contribution is -2.26. The van der Waals surface area contributed by atoms with Gasteiger partial charge in [-0.1, -0.05) is 100 Å². The number of primary amides is 1. The molecule has 0 spiro atoms. The number of carbonyl (C=O) groups excluding carboxylic acids is 4. The monoisotopic (exact) mass is 532 g/mol. The smallest absolute Gasteiger partial charge is 0.384 e. The first kappa shape index (κ1) is 34.6. The molecule has 39 heavy (non-hydrogen) atoms.